The molecule has 1 aliphatic rings. The first-order chi connectivity index (χ1) is 9.60. The van der Waals surface area contributed by atoms with Crippen molar-refractivity contribution in [2.45, 2.75) is 45.8 Å². The van der Waals surface area contributed by atoms with Crippen LogP contribution in [-0.2, 0) is 0 Å². The molecule has 1 aromatic heterocycles. The number of aromatic nitrogens is 1. The summed E-state index contributed by atoms with van der Waals surface area (Å²) in [6, 6.07) is 4.36. The van der Waals surface area contributed by atoms with E-state index in [9.17, 15) is 0 Å². The Morgan fingerprint density at radius 3 is 3.00 bits per heavy atom. The summed E-state index contributed by atoms with van der Waals surface area (Å²) in [4.78, 5) is 6.96. The summed E-state index contributed by atoms with van der Waals surface area (Å²) in [5.74, 6) is 1.35. The number of rotatable bonds is 6. The maximum atomic E-state index is 5.88. The molecule has 112 valence electrons. The first-order valence-corrected chi connectivity index (χ1v) is 7.51. The van der Waals surface area contributed by atoms with Crippen molar-refractivity contribution in [1.82, 2.24) is 9.88 Å². The zero-order valence-electron chi connectivity index (χ0n) is 12.7. The highest BCUT2D eigenvalue weighted by Crippen LogP contribution is 2.23. The number of nitrogens with one attached hydrogen (secondary N) is 1. The average Bonchev–Trinajstić information content (AvgIpc) is 2.86. The third kappa shape index (κ3) is 3.76. The number of ether oxygens (including phenoxy) is 1. The van der Waals surface area contributed by atoms with Gasteiger partial charge in [0.25, 0.3) is 0 Å². The van der Waals surface area contributed by atoms with Gasteiger partial charge in [-0.05, 0) is 51.9 Å². The van der Waals surface area contributed by atoms with Crippen molar-refractivity contribution in [3.8, 4) is 5.88 Å². The number of anilines is 2. The standard InChI is InChI=1S/C15H26N4O/c1-4-19-9-5-6-12(19)10-17-14-8-7-13(16)15(18-14)20-11(2)3/h7-8,11-12H,4-6,9-10,16H2,1-3H3,(H,17,18). The highest BCUT2D eigenvalue weighted by atomic mass is 16.5. The second kappa shape index (κ2) is 6.79. The Morgan fingerprint density at radius 2 is 2.30 bits per heavy atom. The number of likely N-dealkylation sites (N-methyl/N-ethyl adjacent to an activating group) is 1. The minimum absolute atomic E-state index is 0.0745. The number of likely N-dealkylation sites (tertiary alicyclic amines) is 1. The number of nitrogens with zero attached hydrogens (tertiary/aromatic N) is 2. The lowest BCUT2D eigenvalue weighted by molar-refractivity contribution is 0.234. The van der Waals surface area contributed by atoms with Gasteiger partial charge < -0.3 is 15.8 Å². The summed E-state index contributed by atoms with van der Waals surface area (Å²) in [6.07, 6.45) is 2.62. The molecule has 0 aromatic carbocycles. The summed E-state index contributed by atoms with van der Waals surface area (Å²) >= 11 is 0. The molecule has 0 aliphatic carbocycles. The van der Waals surface area contributed by atoms with Gasteiger partial charge in [-0.25, -0.2) is 0 Å². The Kier molecular flexibility index (Phi) is 5.06. The third-order valence-electron chi connectivity index (χ3n) is 3.66. The van der Waals surface area contributed by atoms with Gasteiger partial charge >= 0.3 is 0 Å². The molecule has 5 heteroatoms. The highest BCUT2D eigenvalue weighted by molar-refractivity contribution is 5.53. The number of hydrogen-bond donors (Lipinski definition) is 2. The van der Waals surface area contributed by atoms with Crippen LogP contribution in [0.4, 0.5) is 11.5 Å². The Morgan fingerprint density at radius 1 is 1.50 bits per heavy atom. The fourth-order valence-electron chi connectivity index (χ4n) is 2.63. The quantitative estimate of drug-likeness (QED) is 0.836. The molecule has 20 heavy (non-hydrogen) atoms. The summed E-state index contributed by atoms with van der Waals surface area (Å²) < 4.78 is 5.61. The summed E-state index contributed by atoms with van der Waals surface area (Å²) in [7, 11) is 0. The van der Waals surface area contributed by atoms with E-state index in [0.29, 0.717) is 17.6 Å². The lowest BCUT2D eigenvalue weighted by Gasteiger charge is -2.23. The first kappa shape index (κ1) is 14.9. The topological polar surface area (TPSA) is 63.4 Å². The fraction of sp³-hybridized carbons (Fsp3) is 0.667. The van der Waals surface area contributed by atoms with E-state index in [2.05, 4.69) is 22.1 Å². The molecule has 0 amide bonds. The normalized spacial score (nSPS) is 19.5. The van der Waals surface area contributed by atoms with Gasteiger partial charge in [0.2, 0.25) is 5.88 Å². The van der Waals surface area contributed by atoms with Crippen molar-refractivity contribution in [3.63, 3.8) is 0 Å². The van der Waals surface area contributed by atoms with Gasteiger partial charge in [0.15, 0.2) is 0 Å². The minimum atomic E-state index is 0.0745. The zero-order chi connectivity index (χ0) is 14.5. The smallest absolute Gasteiger partial charge is 0.239 e. The van der Waals surface area contributed by atoms with Crippen molar-refractivity contribution in [1.29, 1.82) is 0 Å². The molecule has 5 nitrogen and oxygen atoms in total. The van der Waals surface area contributed by atoms with Crippen molar-refractivity contribution in [2.75, 3.05) is 30.7 Å². The molecule has 2 rings (SSSR count). The summed E-state index contributed by atoms with van der Waals surface area (Å²) in [6.45, 7) is 9.40. The van der Waals surface area contributed by atoms with Crippen molar-refractivity contribution in [3.05, 3.63) is 12.1 Å². The molecular weight excluding hydrogens is 252 g/mol. The van der Waals surface area contributed by atoms with Crippen LogP contribution in [0.15, 0.2) is 12.1 Å². The first-order valence-electron chi connectivity index (χ1n) is 7.51. The van der Waals surface area contributed by atoms with E-state index < -0.39 is 0 Å². The predicted molar refractivity (Wildman–Crippen MR) is 83.2 cm³/mol. The van der Waals surface area contributed by atoms with E-state index in [1.54, 1.807) is 0 Å². The highest BCUT2D eigenvalue weighted by Gasteiger charge is 2.22. The monoisotopic (exact) mass is 278 g/mol. The van der Waals surface area contributed by atoms with E-state index in [1.807, 2.05) is 26.0 Å². The fourth-order valence-corrected chi connectivity index (χ4v) is 2.63. The van der Waals surface area contributed by atoms with Crippen LogP contribution in [0.1, 0.15) is 33.6 Å². The molecule has 0 bridgehead atoms. The van der Waals surface area contributed by atoms with Crippen LogP contribution in [0.5, 0.6) is 5.88 Å². The maximum absolute atomic E-state index is 5.88. The van der Waals surface area contributed by atoms with Crippen LogP contribution in [0, 0.1) is 0 Å². The Hall–Kier alpha value is -1.49. The van der Waals surface area contributed by atoms with Gasteiger partial charge in [-0.15, -0.1) is 0 Å². The molecule has 1 saturated heterocycles. The second-order valence-corrected chi connectivity index (χ2v) is 5.56. The maximum Gasteiger partial charge on any atom is 0.239 e. The molecule has 1 aliphatic heterocycles. The second-order valence-electron chi connectivity index (χ2n) is 5.56. The Balaban J connectivity index is 1.95. The number of hydrogen-bond acceptors (Lipinski definition) is 5. The number of nitrogen functional groups attached to an aromatic ring is 1. The van der Waals surface area contributed by atoms with Gasteiger partial charge in [0.1, 0.15) is 5.82 Å². The lowest BCUT2D eigenvalue weighted by Crippen LogP contribution is -2.34. The van der Waals surface area contributed by atoms with E-state index in [1.165, 1.54) is 19.4 Å². The molecule has 0 saturated carbocycles. The average molecular weight is 278 g/mol. The molecule has 0 radical (unpaired) electrons. The van der Waals surface area contributed by atoms with Gasteiger partial charge in [-0.3, -0.25) is 4.90 Å². The SMILES string of the molecule is CCN1CCCC1CNc1ccc(N)c(OC(C)C)n1. The Labute approximate surface area is 121 Å². The van der Waals surface area contributed by atoms with E-state index in [-0.39, 0.29) is 6.10 Å². The molecular formula is C15H26N4O. The van der Waals surface area contributed by atoms with Gasteiger partial charge in [0.05, 0.1) is 11.8 Å². The summed E-state index contributed by atoms with van der Waals surface area (Å²) in [5.41, 5.74) is 6.46. The zero-order valence-corrected chi connectivity index (χ0v) is 12.7. The van der Waals surface area contributed by atoms with Crippen LogP contribution >= 0.6 is 0 Å². The van der Waals surface area contributed by atoms with Crippen LogP contribution in [0.2, 0.25) is 0 Å². The molecule has 0 spiro atoms. The summed E-state index contributed by atoms with van der Waals surface area (Å²) in [5, 5.41) is 3.40. The Bertz CT molecular complexity index is 436. The van der Waals surface area contributed by atoms with E-state index in [4.69, 9.17) is 10.5 Å². The van der Waals surface area contributed by atoms with Crippen LogP contribution in [0.25, 0.3) is 0 Å². The third-order valence-corrected chi connectivity index (χ3v) is 3.66. The molecule has 3 N–H and O–H groups in total. The number of nitrogens with two attached hydrogens (primary N) is 1. The molecule has 1 unspecified atom stereocenters. The van der Waals surface area contributed by atoms with Crippen LogP contribution in [0.3, 0.4) is 0 Å². The van der Waals surface area contributed by atoms with E-state index >= 15 is 0 Å². The lowest BCUT2D eigenvalue weighted by atomic mass is 10.2. The van der Waals surface area contributed by atoms with Crippen molar-refractivity contribution >= 4 is 11.5 Å². The van der Waals surface area contributed by atoms with Gasteiger partial charge in [-0.2, -0.15) is 4.98 Å². The van der Waals surface area contributed by atoms with Crippen LogP contribution < -0.4 is 15.8 Å². The molecule has 1 aromatic rings. The van der Waals surface area contributed by atoms with Crippen molar-refractivity contribution in [2.24, 2.45) is 0 Å². The van der Waals surface area contributed by atoms with Crippen molar-refractivity contribution < 1.29 is 4.74 Å². The molecule has 1 atom stereocenters. The molecule has 1 fully saturated rings. The predicted octanol–water partition coefficient (Wildman–Crippen LogP) is 2.35. The largest absolute Gasteiger partial charge is 0.473 e. The van der Waals surface area contributed by atoms with E-state index in [0.717, 1.165) is 18.9 Å². The molecule has 2 heterocycles. The van der Waals surface area contributed by atoms with Crippen LogP contribution in [-0.4, -0.2) is 41.7 Å². The van der Waals surface area contributed by atoms with Gasteiger partial charge in [-0.1, -0.05) is 6.92 Å². The number of pyridine rings is 1. The minimum Gasteiger partial charge on any atom is -0.473 e. The van der Waals surface area contributed by atoms with Gasteiger partial charge in [0, 0.05) is 12.6 Å².